The zero-order valence-corrected chi connectivity index (χ0v) is 21.5. The van der Waals surface area contributed by atoms with Gasteiger partial charge in [-0.2, -0.15) is 5.26 Å². The van der Waals surface area contributed by atoms with Crippen molar-refractivity contribution < 1.29 is 22.7 Å². The van der Waals surface area contributed by atoms with Crippen molar-refractivity contribution in [3.8, 4) is 6.07 Å². The van der Waals surface area contributed by atoms with Crippen LogP contribution in [0.1, 0.15) is 32.1 Å². The number of sulfone groups is 1. The third-order valence-corrected chi connectivity index (χ3v) is 9.77. The number of ether oxygens (including phenoxy) is 1. The minimum absolute atomic E-state index is 0.0767. The maximum absolute atomic E-state index is 13.1. The van der Waals surface area contributed by atoms with Crippen LogP contribution in [0, 0.1) is 23.2 Å². The lowest BCUT2D eigenvalue weighted by atomic mass is 9.80. The summed E-state index contributed by atoms with van der Waals surface area (Å²) in [6.45, 7) is 3.73. The van der Waals surface area contributed by atoms with Crippen molar-refractivity contribution in [3.63, 3.8) is 0 Å². The summed E-state index contributed by atoms with van der Waals surface area (Å²) < 4.78 is 31.6. The fraction of sp³-hybridized carbons (Fsp3) is 0.625. The van der Waals surface area contributed by atoms with Crippen LogP contribution in [0.4, 0.5) is 0 Å². The molecule has 192 valence electrons. The molecule has 0 spiro atoms. The van der Waals surface area contributed by atoms with Gasteiger partial charge in [0.2, 0.25) is 11.8 Å². The van der Waals surface area contributed by atoms with Crippen LogP contribution in [-0.4, -0.2) is 75.5 Å². The quantitative estimate of drug-likeness (QED) is 0.329. The minimum atomic E-state index is -3.60. The van der Waals surface area contributed by atoms with E-state index in [0.29, 0.717) is 32.5 Å². The van der Waals surface area contributed by atoms with Gasteiger partial charge >= 0.3 is 0 Å². The molecule has 3 N–H and O–H groups in total. The number of nitriles is 1. The highest BCUT2D eigenvalue weighted by molar-refractivity contribution is 8.00. The predicted molar refractivity (Wildman–Crippen MR) is 133 cm³/mol. The van der Waals surface area contributed by atoms with Crippen LogP contribution in [0.2, 0.25) is 0 Å². The van der Waals surface area contributed by atoms with Gasteiger partial charge in [0.25, 0.3) is 0 Å². The van der Waals surface area contributed by atoms with E-state index < -0.39 is 26.9 Å². The van der Waals surface area contributed by atoms with Crippen molar-refractivity contribution >= 4 is 33.4 Å². The van der Waals surface area contributed by atoms with Gasteiger partial charge in [-0.05, 0) is 56.0 Å². The molecule has 3 rings (SSSR count). The number of rotatable bonds is 11. The molecule has 9 nitrogen and oxygen atoms in total. The summed E-state index contributed by atoms with van der Waals surface area (Å²) in [5.41, 5.74) is 5.62. The standard InChI is InChI=1S/C24H34N4O5S2/c25-10-11-27-24(30)21-4-2-1-3-18(21)17-35(31,32)20-7-5-19(6-8-20)34-22(23(26)29)9-12-28-13-15-33-16-14-28/h5-8,18,21-22H,1-4,9,11-17H2,(H2,26,29)(H,27,30). The Bertz CT molecular complexity index is 1000. The Morgan fingerprint density at radius 3 is 2.54 bits per heavy atom. The summed E-state index contributed by atoms with van der Waals surface area (Å²) in [6.07, 6.45) is 3.67. The van der Waals surface area contributed by atoms with E-state index in [9.17, 15) is 18.0 Å². The molecule has 2 fully saturated rings. The topological polar surface area (TPSA) is 143 Å². The molecule has 11 heteroatoms. The number of carbonyl (C=O) groups excluding carboxylic acids is 2. The zero-order chi connectivity index (χ0) is 25.3. The Morgan fingerprint density at radius 2 is 1.89 bits per heavy atom. The normalized spacial score (nSPS) is 22.1. The van der Waals surface area contributed by atoms with Gasteiger partial charge in [0.05, 0.1) is 35.2 Å². The molecule has 2 amide bonds. The maximum Gasteiger partial charge on any atom is 0.230 e. The van der Waals surface area contributed by atoms with E-state index in [1.54, 1.807) is 24.3 Å². The van der Waals surface area contributed by atoms with Gasteiger partial charge < -0.3 is 15.8 Å². The van der Waals surface area contributed by atoms with Crippen LogP contribution in [0.5, 0.6) is 0 Å². The van der Waals surface area contributed by atoms with Crippen LogP contribution < -0.4 is 11.1 Å². The van der Waals surface area contributed by atoms with Crippen LogP contribution in [0.15, 0.2) is 34.1 Å². The predicted octanol–water partition coefficient (Wildman–Crippen LogP) is 1.57. The first-order chi connectivity index (χ1) is 16.8. The van der Waals surface area contributed by atoms with Crippen molar-refractivity contribution in [2.24, 2.45) is 17.6 Å². The van der Waals surface area contributed by atoms with E-state index >= 15 is 0 Å². The monoisotopic (exact) mass is 522 g/mol. The van der Waals surface area contributed by atoms with E-state index in [1.165, 1.54) is 11.8 Å². The first kappa shape index (κ1) is 27.5. The zero-order valence-electron chi connectivity index (χ0n) is 19.9. The molecule has 0 bridgehead atoms. The second-order valence-corrected chi connectivity index (χ2v) is 12.3. The molecular formula is C24H34N4O5S2. The van der Waals surface area contributed by atoms with Gasteiger partial charge in [-0.15, -0.1) is 11.8 Å². The van der Waals surface area contributed by atoms with E-state index in [-0.39, 0.29) is 29.0 Å². The molecule has 3 unspecified atom stereocenters. The van der Waals surface area contributed by atoms with Gasteiger partial charge in [0.1, 0.15) is 6.54 Å². The van der Waals surface area contributed by atoms with Crippen molar-refractivity contribution in [3.05, 3.63) is 24.3 Å². The maximum atomic E-state index is 13.1. The summed E-state index contributed by atoms with van der Waals surface area (Å²) >= 11 is 1.35. The number of thioether (sulfide) groups is 1. The number of morpholine rings is 1. The van der Waals surface area contributed by atoms with Gasteiger partial charge in [0.15, 0.2) is 9.84 Å². The molecule has 1 heterocycles. The molecule has 1 saturated carbocycles. The van der Waals surface area contributed by atoms with Gasteiger partial charge in [0, 0.05) is 23.9 Å². The Morgan fingerprint density at radius 1 is 1.20 bits per heavy atom. The van der Waals surface area contributed by atoms with Crippen LogP contribution in [-0.2, 0) is 24.2 Å². The molecular weight excluding hydrogens is 488 g/mol. The smallest absolute Gasteiger partial charge is 0.230 e. The summed E-state index contributed by atoms with van der Waals surface area (Å²) in [7, 11) is -3.60. The third kappa shape index (κ3) is 8.20. The number of carbonyl (C=O) groups is 2. The number of benzene rings is 1. The lowest BCUT2D eigenvalue weighted by Crippen LogP contribution is -2.39. The summed E-state index contributed by atoms with van der Waals surface area (Å²) in [4.78, 5) is 27.7. The number of amides is 2. The highest BCUT2D eigenvalue weighted by atomic mass is 32.2. The van der Waals surface area contributed by atoms with Gasteiger partial charge in [-0.1, -0.05) is 12.8 Å². The number of primary amides is 1. The molecule has 1 aliphatic carbocycles. The molecule has 35 heavy (non-hydrogen) atoms. The van der Waals surface area contributed by atoms with E-state index in [1.807, 2.05) is 6.07 Å². The molecule has 1 aromatic carbocycles. The SMILES string of the molecule is N#CCNC(=O)C1CCCCC1CS(=O)(=O)c1ccc(SC(CCN2CCOCC2)C(N)=O)cc1. The molecule has 1 aliphatic heterocycles. The first-order valence-electron chi connectivity index (χ1n) is 12.0. The highest BCUT2D eigenvalue weighted by Crippen LogP contribution is 2.33. The van der Waals surface area contributed by atoms with Crippen LogP contribution in [0.25, 0.3) is 0 Å². The molecule has 0 radical (unpaired) electrons. The van der Waals surface area contributed by atoms with E-state index in [2.05, 4.69) is 10.2 Å². The first-order valence-corrected chi connectivity index (χ1v) is 14.6. The Kier molecular flexibility index (Phi) is 10.4. The van der Waals surface area contributed by atoms with E-state index in [0.717, 1.165) is 37.4 Å². The molecule has 2 aliphatic rings. The largest absolute Gasteiger partial charge is 0.379 e. The van der Waals surface area contributed by atoms with Gasteiger partial charge in [-0.3, -0.25) is 14.5 Å². The molecule has 3 atom stereocenters. The molecule has 1 aromatic rings. The number of hydrogen-bond acceptors (Lipinski definition) is 8. The van der Waals surface area contributed by atoms with Crippen molar-refractivity contribution in [2.45, 2.75) is 47.1 Å². The third-order valence-electron chi connectivity index (χ3n) is 6.61. The van der Waals surface area contributed by atoms with Crippen molar-refractivity contribution in [1.82, 2.24) is 10.2 Å². The number of nitrogens with two attached hydrogens (primary N) is 1. The Hall–Kier alpha value is -2.13. The van der Waals surface area contributed by atoms with Crippen molar-refractivity contribution in [1.29, 1.82) is 5.26 Å². The van der Waals surface area contributed by atoms with Crippen LogP contribution >= 0.6 is 11.8 Å². The highest BCUT2D eigenvalue weighted by Gasteiger charge is 2.34. The molecule has 1 saturated heterocycles. The average molecular weight is 523 g/mol. The number of hydrogen-bond donors (Lipinski definition) is 2. The summed E-state index contributed by atoms with van der Waals surface area (Å²) in [5.74, 6) is -1.41. The number of nitrogens with zero attached hydrogens (tertiary/aromatic N) is 2. The summed E-state index contributed by atoms with van der Waals surface area (Å²) in [5, 5.41) is 10.9. The average Bonchev–Trinajstić information content (AvgIpc) is 2.86. The second-order valence-electron chi connectivity index (χ2n) is 9.03. The molecule has 0 aromatic heterocycles. The Labute approximate surface area is 211 Å². The van der Waals surface area contributed by atoms with Crippen LogP contribution in [0.3, 0.4) is 0 Å². The lowest BCUT2D eigenvalue weighted by molar-refractivity contribution is -0.127. The lowest BCUT2D eigenvalue weighted by Gasteiger charge is -2.30. The Balaban J connectivity index is 1.61. The van der Waals surface area contributed by atoms with E-state index in [4.69, 9.17) is 15.7 Å². The fourth-order valence-electron chi connectivity index (χ4n) is 4.66. The second kappa shape index (κ2) is 13.3. The number of nitrogens with one attached hydrogen (secondary N) is 1. The van der Waals surface area contributed by atoms with Crippen molar-refractivity contribution in [2.75, 3.05) is 45.1 Å². The van der Waals surface area contributed by atoms with Gasteiger partial charge in [-0.25, -0.2) is 8.42 Å². The minimum Gasteiger partial charge on any atom is -0.379 e. The summed E-state index contributed by atoms with van der Waals surface area (Å²) in [6, 6.07) is 8.43. The fourth-order valence-corrected chi connectivity index (χ4v) is 7.33.